The summed E-state index contributed by atoms with van der Waals surface area (Å²) in [7, 11) is 0. The summed E-state index contributed by atoms with van der Waals surface area (Å²) in [6.07, 6.45) is 5.37. The van der Waals surface area contributed by atoms with E-state index >= 15 is 0 Å². The van der Waals surface area contributed by atoms with Crippen LogP contribution in [-0.2, 0) is 4.79 Å². The van der Waals surface area contributed by atoms with Gasteiger partial charge in [-0.3, -0.25) is 10.5 Å². The van der Waals surface area contributed by atoms with Crippen LogP contribution in [-0.4, -0.2) is 5.91 Å². The second kappa shape index (κ2) is 3.23. The molecule has 2 heteroatoms. The Labute approximate surface area is 42.7 Å². The van der Waals surface area contributed by atoms with Gasteiger partial charge in [-0.25, -0.2) is 0 Å². The number of rotatable bonds is 2. The molecule has 0 saturated heterocycles. The van der Waals surface area contributed by atoms with Crippen molar-refractivity contribution >= 4 is 5.91 Å². The van der Waals surface area contributed by atoms with E-state index in [0.717, 1.165) is 0 Å². The molecule has 7 heavy (non-hydrogen) atoms. The highest BCUT2D eigenvalue weighted by molar-refractivity contribution is 5.73. The van der Waals surface area contributed by atoms with Gasteiger partial charge < -0.3 is 0 Å². The lowest BCUT2D eigenvalue weighted by molar-refractivity contribution is -0.118. The molecule has 2 nitrogen and oxygen atoms in total. The second-order valence-corrected chi connectivity index (χ2v) is 1.13. The Balaban J connectivity index is 3.02. The Morgan fingerprint density at radius 3 is 2.57 bits per heavy atom. The number of terminal acetylenes is 1. The number of hydrogen-bond acceptors (Lipinski definition) is 1. The molecule has 0 aliphatic carbocycles. The van der Waals surface area contributed by atoms with E-state index < -0.39 is 5.91 Å². The highest BCUT2D eigenvalue weighted by Crippen LogP contribution is 1.81. The SMILES string of the molecule is C#CCCC([NH])=O. The van der Waals surface area contributed by atoms with Crippen LogP contribution in [0.4, 0.5) is 0 Å². The fraction of sp³-hybridized carbons (Fsp3) is 0.400. The molecule has 1 radical (unpaired) electrons. The highest BCUT2D eigenvalue weighted by Gasteiger charge is 1.88. The van der Waals surface area contributed by atoms with Gasteiger partial charge in [0, 0.05) is 12.8 Å². The number of nitrogens with one attached hydrogen (secondary N) is 1. The van der Waals surface area contributed by atoms with Gasteiger partial charge in [-0.05, 0) is 0 Å². The summed E-state index contributed by atoms with van der Waals surface area (Å²) in [6.45, 7) is 0. The Morgan fingerprint density at radius 1 is 1.86 bits per heavy atom. The van der Waals surface area contributed by atoms with Gasteiger partial charge in [0.25, 0.3) is 0 Å². The summed E-state index contributed by atoms with van der Waals surface area (Å²) < 4.78 is 0. The second-order valence-electron chi connectivity index (χ2n) is 1.13. The first-order chi connectivity index (χ1) is 3.27. The number of amides is 1. The van der Waals surface area contributed by atoms with Gasteiger partial charge in [0.05, 0.1) is 0 Å². The molecule has 37 valence electrons. The molecule has 1 N–H and O–H groups in total. The fourth-order valence-corrected chi connectivity index (χ4v) is 0.186. The Hall–Kier alpha value is -0.970. The third-order valence-corrected chi connectivity index (χ3v) is 0.496. The Kier molecular flexibility index (Phi) is 2.78. The molecular formula is C5H6NO. The van der Waals surface area contributed by atoms with Crippen molar-refractivity contribution in [1.82, 2.24) is 5.73 Å². The van der Waals surface area contributed by atoms with Gasteiger partial charge in [0.1, 0.15) is 0 Å². The van der Waals surface area contributed by atoms with Gasteiger partial charge in [-0.15, -0.1) is 12.3 Å². The van der Waals surface area contributed by atoms with Gasteiger partial charge in [0.2, 0.25) is 5.91 Å². The largest absolute Gasteiger partial charge is 0.273 e. The topological polar surface area (TPSA) is 40.9 Å². The zero-order chi connectivity index (χ0) is 5.70. The van der Waals surface area contributed by atoms with Crippen LogP contribution < -0.4 is 5.73 Å². The summed E-state index contributed by atoms with van der Waals surface area (Å²) in [6, 6.07) is 0. The molecule has 0 aromatic carbocycles. The number of carbonyl (C=O) groups is 1. The van der Waals surface area contributed by atoms with Gasteiger partial charge in [-0.1, -0.05) is 0 Å². The van der Waals surface area contributed by atoms with Crippen LogP contribution in [0.15, 0.2) is 0 Å². The first-order valence-electron chi connectivity index (χ1n) is 1.95. The average Bonchev–Trinajstić information content (AvgIpc) is 1.61. The van der Waals surface area contributed by atoms with Crippen LogP contribution in [0.1, 0.15) is 12.8 Å². The summed E-state index contributed by atoms with van der Waals surface area (Å²) in [5.74, 6) is 1.67. The quantitative estimate of drug-likeness (QED) is 0.453. The zero-order valence-electron chi connectivity index (χ0n) is 3.90. The van der Waals surface area contributed by atoms with Crippen molar-refractivity contribution in [3.05, 3.63) is 0 Å². The van der Waals surface area contributed by atoms with Crippen molar-refractivity contribution < 1.29 is 4.79 Å². The van der Waals surface area contributed by atoms with E-state index in [4.69, 9.17) is 12.2 Å². The van der Waals surface area contributed by atoms with Crippen molar-refractivity contribution in [1.29, 1.82) is 0 Å². The van der Waals surface area contributed by atoms with Crippen LogP contribution in [0.25, 0.3) is 0 Å². The normalized spacial score (nSPS) is 7.29. The van der Waals surface area contributed by atoms with Crippen molar-refractivity contribution in [3.63, 3.8) is 0 Å². The molecule has 0 spiro atoms. The number of carbonyl (C=O) groups excluding carboxylic acids is 1. The molecule has 0 aliphatic rings. The molecule has 0 aliphatic heterocycles. The summed E-state index contributed by atoms with van der Waals surface area (Å²) in [5.41, 5.74) is 6.35. The minimum absolute atomic E-state index is 0.191. The van der Waals surface area contributed by atoms with Gasteiger partial charge >= 0.3 is 0 Å². The first kappa shape index (κ1) is 6.03. The van der Waals surface area contributed by atoms with E-state index in [-0.39, 0.29) is 6.42 Å². The van der Waals surface area contributed by atoms with Crippen LogP contribution in [0.5, 0.6) is 0 Å². The van der Waals surface area contributed by atoms with Crippen LogP contribution in [0.2, 0.25) is 0 Å². The van der Waals surface area contributed by atoms with E-state index in [1.165, 1.54) is 0 Å². The molecule has 0 fully saturated rings. The van der Waals surface area contributed by atoms with E-state index in [1.807, 2.05) is 0 Å². The number of hydrogen-bond donors (Lipinski definition) is 0. The van der Waals surface area contributed by atoms with Gasteiger partial charge in [0.15, 0.2) is 0 Å². The smallest absolute Gasteiger partial charge is 0.239 e. The summed E-state index contributed by atoms with van der Waals surface area (Å²) in [5, 5.41) is 0. The average molecular weight is 96.1 g/mol. The van der Waals surface area contributed by atoms with E-state index in [2.05, 4.69) is 5.92 Å². The van der Waals surface area contributed by atoms with E-state index in [0.29, 0.717) is 6.42 Å². The lowest BCUT2D eigenvalue weighted by Crippen LogP contribution is -1.94. The molecular weight excluding hydrogens is 90.1 g/mol. The minimum Gasteiger partial charge on any atom is -0.273 e. The predicted octanol–water partition coefficient (Wildman–Crippen LogP) is 0.209. The molecule has 0 aromatic heterocycles. The maximum absolute atomic E-state index is 9.77. The van der Waals surface area contributed by atoms with Crippen molar-refractivity contribution in [2.75, 3.05) is 0 Å². The lowest BCUT2D eigenvalue weighted by atomic mass is 10.3. The molecule has 0 bridgehead atoms. The molecule has 0 atom stereocenters. The maximum atomic E-state index is 9.77. The standard InChI is InChI=1S/C5H6NO/c1-2-3-4-5(6)7/h1,6H,3-4H2. The molecule has 0 rings (SSSR count). The molecule has 0 unspecified atom stereocenters. The first-order valence-corrected chi connectivity index (χ1v) is 1.95. The predicted molar refractivity (Wildman–Crippen MR) is 26.2 cm³/mol. The Bertz CT molecular complexity index is 101. The van der Waals surface area contributed by atoms with Crippen LogP contribution in [0.3, 0.4) is 0 Å². The summed E-state index contributed by atoms with van der Waals surface area (Å²) in [4.78, 5) is 9.77. The zero-order valence-corrected chi connectivity index (χ0v) is 3.90. The lowest BCUT2D eigenvalue weighted by Gasteiger charge is -1.79. The van der Waals surface area contributed by atoms with Crippen LogP contribution >= 0.6 is 0 Å². The van der Waals surface area contributed by atoms with Crippen molar-refractivity contribution in [2.24, 2.45) is 0 Å². The van der Waals surface area contributed by atoms with Crippen molar-refractivity contribution in [3.8, 4) is 12.3 Å². The fourth-order valence-electron chi connectivity index (χ4n) is 0.186. The van der Waals surface area contributed by atoms with E-state index in [9.17, 15) is 4.79 Å². The molecule has 0 heterocycles. The third-order valence-electron chi connectivity index (χ3n) is 0.496. The highest BCUT2D eigenvalue weighted by atomic mass is 16.1. The molecule has 0 aromatic rings. The molecule has 1 amide bonds. The monoisotopic (exact) mass is 96.0 g/mol. The third kappa shape index (κ3) is 5.03. The van der Waals surface area contributed by atoms with E-state index in [1.54, 1.807) is 0 Å². The minimum atomic E-state index is -0.585. The van der Waals surface area contributed by atoms with Crippen molar-refractivity contribution in [2.45, 2.75) is 12.8 Å². The van der Waals surface area contributed by atoms with Gasteiger partial charge in [-0.2, -0.15) is 0 Å². The van der Waals surface area contributed by atoms with Crippen LogP contribution in [0, 0.1) is 12.3 Å². The summed E-state index contributed by atoms with van der Waals surface area (Å²) >= 11 is 0. The molecule has 0 saturated carbocycles. The Morgan fingerprint density at radius 2 is 2.43 bits per heavy atom. The maximum Gasteiger partial charge on any atom is 0.239 e.